The van der Waals surface area contributed by atoms with Crippen LogP contribution in [0.3, 0.4) is 0 Å². The molecule has 1 aromatic heterocycles. The van der Waals surface area contributed by atoms with Crippen molar-refractivity contribution in [2.45, 2.75) is 25.6 Å². The SMILES string of the molecule is CS(=O)(=O)N1Cc2ccccc2CC1C(=O)NCc1ccccn1. The van der Waals surface area contributed by atoms with Crippen LogP contribution in [0.5, 0.6) is 0 Å². The lowest BCUT2D eigenvalue weighted by Gasteiger charge is -2.34. The standard InChI is InChI=1S/C17H19N3O3S/c1-24(22,23)20-12-14-7-3-2-6-13(14)10-16(20)17(21)19-11-15-8-4-5-9-18-15/h2-9,16H,10-12H2,1H3,(H,19,21). The Balaban J connectivity index is 1.80. The number of amides is 1. The maximum atomic E-state index is 12.6. The molecule has 2 heterocycles. The molecule has 0 bridgehead atoms. The van der Waals surface area contributed by atoms with Crippen molar-refractivity contribution in [3.05, 3.63) is 65.5 Å². The Kier molecular flexibility index (Phi) is 4.64. The highest BCUT2D eigenvalue weighted by Crippen LogP contribution is 2.25. The minimum Gasteiger partial charge on any atom is -0.349 e. The average molecular weight is 345 g/mol. The zero-order valence-corrected chi connectivity index (χ0v) is 14.2. The Morgan fingerprint density at radius 3 is 2.58 bits per heavy atom. The highest BCUT2D eigenvalue weighted by atomic mass is 32.2. The number of aromatic nitrogens is 1. The van der Waals surface area contributed by atoms with Gasteiger partial charge in [-0.2, -0.15) is 4.31 Å². The van der Waals surface area contributed by atoms with E-state index < -0.39 is 16.1 Å². The lowest BCUT2D eigenvalue weighted by molar-refractivity contribution is -0.125. The molecule has 0 aliphatic carbocycles. The average Bonchev–Trinajstić information content (AvgIpc) is 2.58. The molecule has 0 fully saturated rings. The van der Waals surface area contributed by atoms with Crippen molar-refractivity contribution in [2.75, 3.05) is 6.26 Å². The van der Waals surface area contributed by atoms with Crippen molar-refractivity contribution >= 4 is 15.9 Å². The van der Waals surface area contributed by atoms with E-state index in [0.29, 0.717) is 6.42 Å². The molecule has 2 aromatic rings. The normalized spacial score (nSPS) is 18.0. The van der Waals surface area contributed by atoms with E-state index in [-0.39, 0.29) is 19.0 Å². The molecule has 1 aliphatic rings. The predicted octanol–water partition coefficient (Wildman–Crippen LogP) is 1.08. The van der Waals surface area contributed by atoms with Crippen molar-refractivity contribution in [1.29, 1.82) is 0 Å². The van der Waals surface area contributed by atoms with Gasteiger partial charge in [0.25, 0.3) is 0 Å². The highest BCUT2D eigenvalue weighted by molar-refractivity contribution is 7.88. The van der Waals surface area contributed by atoms with Crippen LogP contribution in [0, 0.1) is 0 Å². The largest absolute Gasteiger partial charge is 0.349 e. The van der Waals surface area contributed by atoms with Gasteiger partial charge in [-0.15, -0.1) is 0 Å². The molecule has 1 aliphatic heterocycles. The van der Waals surface area contributed by atoms with E-state index in [1.165, 1.54) is 4.31 Å². The monoisotopic (exact) mass is 345 g/mol. The molecular weight excluding hydrogens is 326 g/mol. The second-order valence-electron chi connectivity index (χ2n) is 5.84. The van der Waals surface area contributed by atoms with Crippen LogP contribution in [-0.4, -0.2) is 35.9 Å². The first-order valence-electron chi connectivity index (χ1n) is 7.66. The Hall–Kier alpha value is -2.25. The minimum atomic E-state index is -3.49. The number of sulfonamides is 1. The topological polar surface area (TPSA) is 79.4 Å². The molecule has 0 radical (unpaired) electrons. The summed E-state index contributed by atoms with van der Waals surface area (Å²) in [7, 11) is -3.49. The van der Waals surface area contributed by atoms with Gasteiger partial charge in [0.15, 0.2) is 0 Å². The molecule has 3 rings (SSSR count). The van der Waals surface area contributed by atoms with Gasteiger partial charge in [-0.05, 0) is 29.7 Å². The molecule has 1 unspecified atom stereocenters. The van der Waals surface area contributed by atoms with E-state index in [9.17, 15) is 13.2 Å². The lowest BCUT2D eigenvalue weighted by Crippen LogP contribution is -2.52. The van der Waals surface area contributed by atoms with Gasteiger partial charge in [0.05, 0.1) is 18.5 Å². The summed E-state index contributed by atoms with van der Waals surface area (Å²) in [4.78, 5) is 16.7. The van der Waals surface area contributed by atoms with Crippen molar-refractivity contribution in [2.24, 2.45) is 0 Å². The van der Waals surface area contributed by atoms with E-state index in [1.807, 2.05) is 36.4 Å². The summed E-state index contributed by atoms with van der Waals surface area (Å²) in [5.41, 5.74) is 2.68. The summed E-state index contributed by atoms with van der Waals surface area (Å²) in [5, 5.41) is 2.79. The van der Waals surface area contributed by atoms with E-state index in [0.717, 1.165) is 23.1 Å². The molecule has 0 saturated heterocycles. The molecule has 126 valence electrons. The molecule has 1 atom stereocenters. The quantitative estimate of drug-likeness (QED) is 0.899. The minimum absolute atomic E-state index is 0.219. The van der Waals surface area contributed by atoms with E-state index >= 15 is 0 Å². The zero-order valence-electron chi connectivity index (χ0n) is 13.3. The number of hydrogen-bond acceptors (Lipinski definition) is 4. The van der Waals surface area contributed by atoms with Crippen LogP contribution in [0.2, 0.25) is 0 Å². The van der Waals surface area contributed by atoms with Crippen LogP contribution in [0.4, 0.5) is 0 Å². The fourth-order valence-corrected chi connectivity index (χ4v) is 3.88. The van der Waals surface area contributed by atoms with Crippen LogP contribution in [0.25, 0.3) is 0 Å². The Bertz CT molecular complexity index is 837. The van der Waals surface area contributed by atoms with Gasteiger partial charge >= 0.3 is 0 Å². The maximum absolute atomic E-state index is 12.6. The van der Waals surface area contributed by atoms with Gasteiger partial charge in [0.1, 0.15) is 6.04 Å². The number of carbonyl (C=O) groups excluding carboxylic acids is 1. The van der Waals surface area contributed by atoms with Gasteiger partial charge in [0, 0.05) is 12.7 Å². The molecule has 24 heavy (non-hydrogen) atoms. The van der Waals surface area contributed by atoms with E-state index in [2.05, 4.69) is 10.3 Å². The first-order chi connectivity index (χ1) is 11.4. The number of benzene rings is 1. The van der Waals surface area contributed by atoms with Crippen molar-refractivity contribution in [3.63, 3.8) is 0 Å². The second kappa shape index (κ2) is 6.70. The Labute approximate surface area is 141 Å². The van der Waals surface area contributed by atoms with E-state index in [4.69, 9.17) is 0 Å². The van der Waals surface area contributed by atoms with Crippen LogP contribution in [0.1, 0.15) is 16.8 Å². The van der Waals surface area contributed by atoms with Gasteiger partial charge in [-0.25, -0.2) is 8.42 Å². The molecule has 1 aromatic carbocycles. The number of hydrogen-bond donors (Lipinski definition) is 1. The van der Waals surface area contributed by atoms with Gasteiger partial charge in [-0.3, -0.25) is 9.78 Å². The van der Waals surface area contributed by atoms with Gasteiger partial charge in [-0.1, -0.05) is 30.3 Å². The van der Waals surface area contributed by atoms with Crippen LogP contribution < -0.4 is 5.32 Å². The third-order valence-corrected chi connectivity index (χ3v) is 5.34. The zero-order chi connectivity index (χ0) is 17.2. The Morgan fingerprint density at radius 2 is 1.92 bits per heavy atom. The molecule has 6 nitrogen and oxygen atoms in total. The molecule has 0 saturated carbocycles. The number of nitrogens with one attached hydrogen (secondary N) is 1. The molecule has 1 amide bonds. The third kappa shape index (κ3) is 3.63. The maximum Gasteiger partial charge on any atom is 0.239 e. The summed E-state index contributed by atoms with van der Waals surface area (Å²) >= 11 is 0. The van der Waals surface area contributed by atoms with Gasteiger partial charge in [0.2, 0.25) is 15.9 Å². The van der Waals surface area contributed by atoms with Crippen molar-refractivity contribution in [3.8, 4) is 0 Å². The molecule has 7 heteroatoms. The Morgan fingerprint density at radius 1 is 1.21 bits per heavy atom. The predicted molar refractivity (Wildman–Crippen MR) is 90.4 cm³/mol. The summed E-state index contributed by atoms with van der Waals surface area (Å²) in [6.07, 6.45) is 3.17. The molecule has 1 N–H and O–H groups in total. The summed E-state index contributed by atoms with van der Waals surface area (Å²) in [6.45, 7) is 0.492. The highest BCUT2D eigenvalue weighted by Gasteiger charge is 2.36. The van der Waals surface area contributed by atoms with Crippen molar-refractivity contribution in [1.82, 2.24) is 14.6 Å². The van der Waals surface area contributed by atoms with Crippen LogP contribution >= 0.6 is 0 Å². The number of nitrogens with zero attached hydrogens (tertiary/aromatic N) is 2. The molecular formula is C17H19N3O3S. The second-order valence-corrected chi connectivity index (χ2v) is 7.77. The fraction of sp³-hybridized carbons (Fsp3) is 0.294. The van der Waals surface area contributed by atoms with Crippen LogP contribution in [0.15, 0.2) is 48.7 Å². The number of carbonyl (C=O) groups is 1. The number of pyridine rings is 1. The third-order valence-electron chi connectivity index (χ3n) is 4.10. The summed E-state index contributed by atoms with van der Waals surface area (Å²) in [5.74, 6) is -0.305. The number of rotatable bonds is 4. The summed E-state index contributed by atoms with van der Waals surface area (Å²) < 4.78 is 25.5. The first-order valence-corrected chi connectivity index (χ1v) is 9.51. The van der Waals surface area contributed by atoms with E-state index in [1.54, 1.807) is 12.3 Å². The summed E-state index contributed by atoms with van der Waals surface area (Å²) in [6, 6.07) is 12.3. The van der Waals surface area contributed by atoms with Crippen molar-refractivity contribution < 1.29 is 13.2 Å². The van der Waals surface area contributed by atoms with Gasteiger partial charge < -0.3 is 5.32 Å². The fourth-order valence-electron chi connectivity index (χ4n) is 2.87. The smallest absolute Gasteiger partial charge is 0.239 e. The lowest BCUT2D eigenvalue weighted by atomic mass is 9.95. The van der Waals surface area contributed by atoms with Crippen LogP contribution in [-0.2, 0) is 34.3 Å². The molecule has 0 spiro atoms. The number of fused-ring (bicyclic) bond motifs is 1. The first kappa shape index (κ1) is 16.6.